The van der Waals surface area contributed by atoms with Crippen LogP contribution in [0.1, 0.15) is 26.7 Å². The summed E-state index contributed by atoms with van der Waals surface area (Å²) in [5, 5.41) is 5.07. The zero-order chi connectivity index (χ0) is 14.0. The Morgan fingerprint density at radius 3 is 2.58 bits per heavy atom. The van der Waals surface area contributed by atoms with Crippen LogP contribution in [0.15, 0.2) is 15.5 Å². The number of H-pyrrole nitrogens is 1. The van der Waals surface area contributed by atoms with Crippen LogP contribution < -0.4 is 10.5 Å². The van der Waals surface area contributed by atoms with E-state index in [1.54, 1.807) is 4.68 Å². The van der Waals surface area contributed by atoms with Crippen molar-refractivity contribution < 1.29 is 0 Å². The SMILES string of the molecule is CCCN(CCC)c1cc2c(Br)n(C)nc2c(=O)[nH]1. The Hall–Kier alpha value is -1.30. The summed E-state index contributed by atoms with van der Waals surface area (Å²) in [4.78, 5) is 17.2. The van der Waals surface area contributed by atoms with Crippen molar-refractivity contribution in [3.05, 3.63) is 21.0 Å². The molecule has 0 aromatic carbocycles. The third-order valence-electron chi connectivity index (χ3n) is 3.08. The number of halogens is 1. The molecule has 0 saturated heterocycles. The van der Waals surface area contributed by atoms with Crippen LogP contribution >= 0.6 is 15.9 Å². The van der Waals surface area contributed by atoms with E-state index >= 15 is 0 Å². The minimum atomic E-state index is -0.133. The lowest BCUT2D eigenvalue weighted by Gasteiger charge is -2.23. The molecule has 2 rings (SSSR count). The highest BCUT2D eigenvalue weighted by Crippen LogP contribution is 2.24. The van der Waals surface area contributed by atoms with E-state index in [9.17, 15) is 4.79 Å². The molecule has 0 spiro atoms. The molecule has 19 heavy (non-hydrogen) atoms. The highest BCUT2D eigenvalue weighted by molar-refractivity contribution is 9.10. The fraction of sp³-hybridized carbons (Fsp3) is 0.538. The first-order valence-electron chi connectivity index (χ1n) is 6.59. The minimum Gasteiger partial charge on any atom is -0.358 e. The number of rotatable bonds is 5. The average molecular weight is 327 g/mol. The molecule has 1 N–H and O–H groups in total. The number of fused-ring (bicyclic) bond motifs is 1. The molecule has 0 saturated carbocycles. The van der Waals surface area contributed by atoms with Gasteiger partial charge in [-0.05, 0) is 34.8 Å². The highest BCUT2D eigenvalue weighted by atomic mass is 79.9. The van der Waals surface area contributed by atoms with Crippen LogP contribution in [0, 0.1) is 0 Å². The molecule has 2 heterocycles. The molecule has 0 aliphatic carbocycles. The molecule has 0 bridgehead atoms. The number of hydrogen-bond acceptors (Lipinski definition) is 3. The summed E-state index contributed by atoms with van der Waals surface area (Å²) >= 11 is 3.48. The van der Waals surface area contributed by atoms with Crippen molar-refractivity contribution in [2.45, 2.75) is 26.7 Å². The maximum Gasteiger partial charge on any atom is 0.277 e. The number of aromatic nitrogens is 3. The third kappa shape index (κ3) is 2.68. The Kier molecular flexibility index (Phi) is 4.29. The van der Waals surface area contributed by atoms with Crippen LogP contribution in [0.3, 0.4) is 0 Å². The Balaban J connectivity index is 2.55. The van der Waals surface area contributed by atoms with Crippen LogP contribution in [-0.2, 0) is 7.05 Å². The van der Waals surface area contributed by atoms with E-state index in [1.165, 1.54) is 0 Å². The van der Waals surface area contributed by atoms with Crippen molar-refractivity contribution in [3.63, 3.8) is 0 Å². The number of aromatic amines is 1. The normalized spacial score (nSPS) is 11.2. The lowest BCUT2D eigenvalue weighted by Crippen LogP contribution is -2.27. The summed E-state index contributed by atoms with van der Waals surface area (Å²) in [7, 11) is 1.82. The van der Waals surface area contributed by atoms with Crippen molar-refractivity contribution in [1.29, 1.82) is 0 Å². The van der Waals surface area contributed by atoms with Crippen molar-refractivity contribution in [1.82, 2.24) is 14.8 Å². The van der Waals surface area contributed by atoms with E-state index in [1.807, 2.05) is 13.1 Å². The summed E-state index contributed by atoms with van der Waals surface area (Å²) in [6, 6.07) is 2.00. The van der Waals surface area contributed by atoms with Crippen LogP contribution in [0.5, 0.6) is 0 Å². The molecule has 0 fully saturated rings. The summed E-state index contributed by atoms with van der Waals surface area (Å²) in [5.41, 5.74) is 0.345. The zero-order valence-electron chi connectivity index (χ0n) is 11.5. The van der Waals surface area contributed by atoms with E-state index in [4.69, 9.17) is 0 Å². The fourth-order valence-electron chi connectivity index (χ4n) is 2.23. The van der Waals surface area contributed by atoms with E-state index in [0.717, 1.165) is 41.7 Å². The first-order valence-corrected chi connectivity index (χ1v) is 7.38. The molecule has 0 unspecified atom stereocenters. The van der Waals surface area contributed by atoms with Gasteiger partial charge in [0.25, 0.3) is 5.56 Å². The maximum atomic E-state index is 12.1. The van der Waals surface area contributed by atoms with E-state index in [2.05, 4.69) is 44.8 Å². The topological polar surface area (TPSA) is 53.9 Å². The van der Waals surface area contributed by atoms with Crippen LogP contribution in [0.4, 0.5) is 5.82 Å². The van der Waals surface area contributed by atoms with E-state index < -0.39 is 0 Å². The molecule has 6 heteroatoms. The Morgan fingerprint density at radius 2 is 2.00 bits per heavy atom. The van der Waals surface area contributed by atoms with Gasteiger partial charge in [-0.25, -0.2) is 0 Å². The number of nitrogens with zero attached hydrogens (tertiary/aromatic N) is 3. The Morgan fingerprint density at radius 1 is 1.37 bits per heavy atom. The van der Waals surface area contributed by atoms with Crippen molar-refractivity contribution >= 4 is 32.7 Å². The molecule has 0 aliphatic heterocycles. The predicted molar refractivity (Wildman–Crippen MR) is 81.8 cm³/mol. The van der Waals surface area contributed by atoms with Crippen molar-refractivity contribution in [2.75, 3.05) is 18.0 Å². The summed E-state index contributed by atoms with van der Waals surface area (Å²) in [6.45, 7) is 6.15. The van der Waals surface area contributed by atoms with Gasteiger partial charge in [-0.2, -0.15) is 5.10 Å². The predicted octanol–water partition coefficient (Wildman–Crippen LogP) is 2.65. The van der Waals surface area contributed by atoms with Gasteiger partial charge in [0.1, 0.15) is 10.4 Å². The van der Waals surface area contributed by atoms with E-state index in [-0.39, 0.29) is 5.56 Å². The lowest BCUT2D eigenvalue weighted by atomic mass is 10.3. The minimum absolute atomic E-state index is 0.133. The van der Waals surface area contributed by atoms with E-state index in [0.29, 0.717) is 5.52 Å². The molecule has 2 aromatic rings. The number of hydrogen-bond donors (Lipinski definition) is 1. The molecule has 0 amide bonds. The fourth-order valence-corrected chi connectivity index (χ4v) is 2.61. The number of nitrogens with one attached hydrogen (secondary N) is 1. The first-order chi connectivity index (χ1) is 9.08. The van der Waals surface area contributed by atoms with Crippen molar-refractivity contribution in [2.24, 2.45) is 7.05 Å². The molecule has 2 aromatic heterocycles. The molecular weight excluding hydrogens is 308 g/mol. The highest BCUT2D eigenvalue weighted by Gasteiger charge is 2.14. The monoisotopic (exact) mass is 326 g/mol. The molecule has 0 radical (unpaired) electrons. The molecule has 0 aliphatic rings. The third-order valence-corrected chi connectivity index (χ3v) is 4.02. The average Bonchev–Trinajstić information content (AvgIpc) is 2.67. The molecular formula is C13H19BrN4O. The van der Waals surface area contributed by atoms with Gasteiger partial charge in [0, 0.05) is 25.5 Å². The van der Waals surface area contributed by atoms with Gasteiger partial charge >= 0.3 is 0 Å². The second-order valence-corrected chi connectivity index (χ2v) is 5.40. The Labute approximate surface area is 120 Å². The maximum absolute atomic E-state index is 12.1. The number of aryl methyl sites for hydroxylation is 1. The van der Waals surface area contributed by atoms with Crippen LogP contribution in [-0.4, -0.2) is 27.9 Å². The van der Waals surface area contributed by atoms with Crippen LogP contribution in [0.25, 0.3) is 10.9 Å². The summed E-state index contributed by atoms with van der Waals surface area (Å²) in [5.74, 6) is 0.870. The van der Waals surface area contributed by atoms with Gasteiger partial charge in [0.2, 0.25) is 0 Å². The second kappa shape index (κ2) is 5.77. The van der Waals surface area contributed by atoms with Gasteiger partial charge in [-0.1, -0.05) is 13.8 Å². The smallest absolute Gasteiger partial charge is 0.277 e. The van der Waals surface area contributed by atoms with Gasteiger partial charge in [-0.3, -0.25) is 9.48 Å². The Bertz CT molecular complexity index is 625. The van der Waals surface area contributed by atoms with Gasteiger partial charge < -0.3 is 9.88 Å². The molecule has 0 atom stereocenters. The number of pyridine rings is 1. The van der Waals surface area contributed by atoms with Gasteiger partial charge in [-0.15, -0.1) is 0 Å². The molecule has 104 valence electrons. The van der Waals surface area contributed by atoms with Gasteiger partial charge in [0.05, 0.1) is 0 Å². The second-order valence-electron chi connectivity index (χ2n) is 4.65. The molecule has 5 nitrogen and oxygen atoms in total. The lowest BCUT2D eigenvalue weighted by molar-refractivity contribution is 0.733. The van der Waals surface area contributed by atoms with Crippen molar-refractivity contribution in [3.8, 4) is 0 Å². The summed E-state index contributed by atoms with van der Waals surface area (Å²) in [6.07, 6.45) is 2.10. The standard InChI is InChI=1S/C13H19BrN4O/c1-4-6-18(7-5-2)10-8-9-11(13(19)15-10)16-17(3)12(9)14/h8H,4-7H2,1-3H3,(H,15,19). The number of anilines is 1. The van der Waals surface area contributed by atoms with Gasteiger partial charge in [0.15, 0.2) is 5.52 Å². The zero-order valence-corrected chi connectivity index (χ0v) is 13.1. The first kappa shape index (κ1) is 14.1. The quantitative estimate of drug-likeness (QED) is 0.918. The van der Waals surface area contributed by atoms with Crippen LogP contribution in [0.2, 0.25) is 0 Å². The largest absolute Gasteiger partial charge is 0.358 e. The summed E-state index contributed by atoms with van der Waals surface area (Å²) < 4.78 is 2.51.